The number of unbranched alkanes of at least 4 members (excludes halogenated alkanes) is 2. The van der Waals surface area contributed by atoms with Crippen LogP contribution in [0.1, 0.15) is 45.1 Å². The Morgan fingerprint density at radius 1 is 1.19 bits per heavy atom. The summed E-state index contributed by atoms with van der Waals surface area (Å²) in [6.07, 6.45) is 4.36. The first-order valence-electron chi connectivity index (χ1n) is 7.67. The van der Waals surface area contributed by atoms with Crippen LogP contribution in [0.2, 0.25) is 0 Å². The highest BCUT2D eigenvalue weighted by Crippen LogP contribution is 2.24. The van der Waals surface area contributed by atoms with Crippen LogP contribution in [0.15, 0.2) is 18.2 Å². The average Bonchev–Trinajstić information content (AvgIpc) is 2.54. The molecule has 0 heterocycles. The summed E-state index contributed by atoms with van der Waals surface area (Å²) in [7, 11) is 3.34. The van der Waals surface area contributed by atoms with E-state index >= 15 is 0 Å². The Hall–Kier alpha value is -1.66. The van der Waals surface area contributed by atoms with Crippen molar-refractivity contribution in [2.45, 2.75) is 52.1 Å². The number of ether oxygens (including phenoxy) is 2. The Bertz CT molecular complexity index is 474. The highest BCUT2D eigenvalue weighted by atomic mass is 16.5. The molecule has 1 aromatic carbocycles. The third-order valence-electron chi connectivity index (χ3n) is 3.37. The third-order valence-corrected chi connectivity index (χ3v) is 3.37. The first kappa shape index (κ1) is 17.4. The number of methoxy groups -OCH3 is 2. The van der Waals surface area contributed by atoms with Crippen LogP contribution in [0.3, 0.4) is 0 Å². The van der Waals surface area contributed by atoms with Gasteiger partial charge in [-0.1, -0.05) is 32.3 Å². The molecule has 0 fully saturated rings. The molecule has 0 radical (unpaired) electrons. The Kier molecular flexibility index (Phi) is 8.38. The van der Waals surface area contributed by atoms with Gasteiger partial charge in [-0.15, -0.1) is 5.92 Å². The maximum atomic E-state index is 5.41. The van der Waals surface area contributed by atoms with E-state index < -0.39 is 0 Å². The second kappa shape index (κ2) is 10.1. The van der Waals surface area contributed by atoms with Gasteiger partial charge in [-0.25, -0.2) is 0 Å². The van der Waals surface area contributed by atoms with Crippen molar-refractivity contribution in [1.82, 2.24) is 5.32 Å². The summed E-state index contributed by atoms with van der Waals surface area (Å²) in [5.41, 5.74) is 1.12. The van der Waals surface area contributed by atoms with Crippen LogP contribution in [0, 0.1) is 11.8 Å². The van der Waals surface area contributed by atoms with E-state index in [1.165, 1.54) is 12.8 Å². The molecule has 0 aliphatic carbocycles. The molecule has 0 saturated carbocycles. The molecule has 1 N–H and O–H groups in total. The summed E-state index contributed by atoms with van der Waals surface area (Å²) in [6, 6.07) is 6.12. The lowest BCUT2D eigenvalue weighted by molar-refractivity contribution is 0.389. The van der Waals surface area contributed by atoms with Crippen LogP contribution in [0.25, 0.3) is 0 Å². The summed E-state index contributed by atoms with van der Waals surface area (Å²) in [5.74, 6) is 8.22. The predicted molar refractivity (Wildman–Crippen MR) is 87.8 cm³/mol. The number of hydrogen-bond acceptors (Lipinski definition) is 3. The number of rotatable bonds is 8. The second-order valence-corrected chi connectivity index (χ2v) is 4.94. The molecule has 0 spiro atoms. The average molecular weight is 289 g/mol. The van der Waals surface area contributed by atoms with Crippen LogP contribution >= 0.6 is 0 Å². The molecule has 3 nitrogen and oxygen atoms in total. The van der Waals surface area contributed by atoms with E-state index in [1.807, 2.05) is 18.2 Å². The Morgan fingerprint density at radius 2 is 2.00 bits per heavy atom. The van der Waals surface area contributed by atoms with Crippen molar-refractivity contribution in [3.05, 3.63) is 23.8 Å². The van der Waals surface area contributed by atoms with Crippen molar-refractivity contribution in [3.8, 4) is 23.3 Å². The molecule has 1 rings (SSSR count). The van der Waals surface area contributed by atoms with Gasteiger partial charge in [0, 0.05) is 24.6 Å². The van der Waals surface area contributed by atoms with E-state index in [0.717, 1.165) is 36.4 Å². The van der Waals surface area contributed by atoms with Crippen LogP contribution in [0.5, 0.6) is 11.5 Å². The second-order valence-electron chi connectivity index (χ2n) is 4.94. The van der Waals surface area contributed by atoms with Crippen LogP contribution < -0.4 is 14.8 Å². The van der Waals surface area contributed by atoms with Crippen LogP contribution in [-0.4, -0.2) is 20.3 Å². The van der Waals surface area contributed by atoms with Gasteiger partial charge < -0.3 is 9.47 Å². The van der Waals surface area contributed by atoms with Gasteiger partial charge in [-0.3, -0.25) is 5.32 Å². The van der Waals surface area contributed by atoms with E-state index in [0.29, 0.717) is 0 Å². The number of benzene rings is 1. The van der Waals surface area contributed by atoms with E-state index in [1.54, 1.807) is 14.2 Å². The van der Waals surface area contributed by atoms with Crippen molar-refractivity contribution >= 4 is 0 Å². The van der Waals surface area contributed by atoms with E-state index in [4.69, 9.17) is 9.47 Å². The van der Waals surface area contributed by atoms with Crippen LogP contribution in [0.4, 0.5) is 0 Å². The topological polar surface area (TPSA) is 30.5 Å². The summed E-state index contributed by atoms with van der Waals surface area (Å²) in [5, 5.41) is 3.48. The lowest BCUT2D eigenvalue weighted by Crippen LogP contribution is -2.26. The van der Waals surface area contributed by atoms with Crippen molar-refractivity contribution in [2.24, 2.45) is 0 Å². The largest absolute Gasteiger partial charge is 0.497 e. The maximum absolute atomic E-state index is 5.41. The van der Waals surface area contributed by atoms with Gasteiger partial charge in [0.1, 0.15) is 11.5 Å². The first-order chi connectivity index (χ1) is 10.2. The molecule has 0 saturated heterocycles. The summed E-state index contributed by atoms with van der Waals surface area (Å²) >= 11 is 0. The van der Waals surface area contributed by atoms with Gasteiger partial charge in [-0.05, 0) is 18.9 Å². The molecule has 116 valence electrons. The zero-order chi connectivity index (χ0) is 15.5. The molecular weight excluding hydrogens is 262 g/mol. The van der Waals surface area contributed by atoms with Crippen molar-refractivity contribution in [3.63, 3.8) is 0 Å². The minimum atomic E-state index is 0.230. The Morgan fingerprint density at radius 3 is 2.62 bits per heavy atom. The number of nitrogens with one attached hydrogen (secondary N) is 1. The fourth-order valence-electron chi connectivity index (χ4n) is 1.99. The van der Waals surface area contributed by atoms with Crippen molar-refractivity contribution in [2.75, 3.05) is 14.2 Å². The summed E-state index contributed by atoms with van der Waals surface area (Å²) in [6.45, 7) is 5.08. The standard InChI is InChI=1S/C18H27NO2/c1-5-7-8-9-10-16(6-2)19-14-15-11-12-17(20-3)13-18(15)21-4/h11-13,16,19H,5-8,14H2,1-4H3. The minimum Gasteiger partial charge on any atom is -0.497 e. The smallest absolute Gasteiger partial charge is 0.127 e. The highest BCUT2D eigenvalue weighted by Gasteiger charge is 2.07. The van der Waals surface area contributed by atoms with E-state index in [2.05, 4.69) is 31.0 Å². The van der Waals surface area contributed by atoms with E-state index in [9.17, 15) is 0 Å². The Balaban J connectivity index is 2.61. The molecule has 0 aliphatic rings. The summed E-state index contributed by atoms with van der Waals surface area (Å²) in [4.78, 5) is 0. The molecule has 0 aromatic heterocycles. The quantitative estimate of drug-likeness (QED) is 0.584. The molecule has 21 heavy (non-hydrogen) atoms. The molecule has 0 aliphatic heterocycles. The fraction of sp³-hybridized carbons (Fsp3) is 0.556. The lowest BCUT2D eigenvalue weighted by atomic mass is 10.1. The normalized spacial score (nSPS) is 11.4. The molecule has 0 bridgehead atoms. The van der Waals surface area contributed by atoms with Crippen molar-refractivity contribution < 1.29 is 9.47 Å². The van der Waals surface area contributed by atoms with Gasteiger partial charge in [-0.2, -0.15) is 0 Å². The van der Waals surface area contributed by atoms with Crippen molar-refractivity contribution in [1.29, 1.82) is 0 Å². The molecule has 3 heteroatoms. The molecule has 0 amide bonds. The molecule has 1 atom stereocenters. The molecule has 1 aromatic rings. The maximum Gasteiger partial charge on any atom is 0.127 e. The first-order valence-corrected chi connectivity index (χ1v) is 7.67. The monoisotopic (exact) mass is 289 g/mol. The lowest BCUT2D eigenvalue weighted by Gasteiger charge is -2.14. The van der Waals surface area contributed by atoms with Gasteiger partial charge in [0.15, 0.2) is 0 Å². The zero-order valence-corrected chi connectivity index (χ0v) is 13.7. The van der Waals surface area contributed by atoms with Gasteiger partial charge in [0.2, 0.25) is 0 Å². The van der Waals surface area contributed by atoms with E-state index in [-0.39, 0.29) is 6.04 Å². The predicted octanol–water partition coefficient (Wildman–Crippen LogP) is 3.77. The zero-order valence-electron chi connectivity index (χ0n) is 13.7. The highest BCUT2D eigenvalue weighted by molar-refractivity contribution is 5.40. The minimum absolute atomic E-state index is 0.230. The van der Waals surface area contributed by atoms with Crippen LogP contribution in [-0.2, 0) is 6.54 Å². The summed E-state index contributed by atoms with van der Waals surface area (Å²) < 4.78 is 10.6. The van der Waals surface area contributed by atoms with Gasteiger partial charge >= 0.3 is 0 Å². The molecular formula is C18H27NO2. The molecule has 1 unspecified atom stereocenters. The SMILES string of the molecule is CCCCC#CC(CC)NCc1ccc(OC)cc1OC. The number of hydrogen-bond donors (Lipinski definition) is 1. The Labute approximate surface area is 129 Å². The fourth-order valence-corrected chi connectivity index (χ4v) is 1.99. The van der Waals surface area contributed by atoms with Gasteiger partial charge in [0.05, 0.1) is 20.3 Å². The third kappa shape index (κ3) is 6.10. The van der Waals surface area contributed by atoms with Gasteiger partial charge in [0.25, 0.3) is 0 Å².